The molecule has 0 unspecified atom stereocenters. The van der Waals surface area contributed by atoms with Gasteiger partial charge in [-0.3, -0.25) is 4.79 Å². The number of amides is 1. The van der Waals surface area contributed by atoms with Crippen LogP contribution in [0.25, 0.3) is 0 Å². The second-order valence-corrected chi connectivity index (χ2v) is 7.27. The fourth-order valence-corrected chi connectivity index (χ4v) is 3.13. The summed E-state index contributed by atoms with van der Waals surface area (Å²) in [4.78, 5) is 12.3. The molecule has 156 valence electrons. The molecule has 1 saturated heterocycles. The number of hydrogen-bond donors (Lipinski definition) is 5. The van der Waals surface area contributed by atoms with Crippen LogP contribution in [0.3, 0.4) is 0 Å². The van der Waals surface area contributed by atoms with Crippen molar-refractivity contribution in [1.29, 1.82) is 0 Å². The summed E-state index contributed by atoms with van der Waals surface area (Å²) in [6.45, 7) is 2.49. The minimum Gasteiger partial charge on any atom is -0.461 e. The Hall–Kier alpha value is -2.49. The number of nitrogens with one attached hydrogen (secondary N) is 1. The average molecular weight is 403 g/mol. The average Bonchev–Trinajstić information content (AvgIpc) is 2.71. The SMILES string of the molecule is Cc1cc(NC(=O)c2ccccc2)ccc1O[C@H]1O[C@H](CO)[C@@H](O)[C@H](O)[C@]1(C)O. The number of carbonyl (C=O) groups is 1. The highest BCUT2D eigenvalue weighted by molar-refractivity contribution is 6.04. The highest BCUT2D eigenvalue weighted by Gasteiger charge is 2.53. The van der Waals surface area contributed by atoms with Gasteiger partial charge in [0.2, 0.25) is 6.29 Å². The molecule has 0 radical (unpaired) electrons. The van der Waals surface area contributed by atoms with Gasteiger partial charge >= 0.3 is 0 Å². The summed E-state index contributed by atoms with van der Waals surface area (Å²) >= 11 is 0. The molecule has 29 heavy (non-hydrogen) atoms. The van der Waals surface area contributed by atoms with Crippen LogP contribution in [-0.2, 0) is 4.74 Å². The monoisotopic (exact) mass is 403 g/mol. The number of ether oxygens (including phenoxy) is 2. The Kier molecular flexibility index (Phi) is 6.21. The minimum absolute atomic E-state index is 0.250. The van der Waals surface area contributed by atoms with Crippen molar-refractivity contribution < 1.29 is 34.7 Å². The smallest absolute Gasteiger partial charge is 0.255 e. The summed E-state index contributed by atoms with van der Waals surface area (Å²) in [5.41, 5.74) is -0.169. The number of carbonyl (C=O) groups excluding carboxylic acids is 1. The molecule has 0 saturated carbocycles. The Balaban J connectivity index is 1.74. The Morgan fingerprint density at radius 3 is 2.52 bits per heavy atom. The summed E-state index contributed by atoms with van der Waals surface area (Å²) in [5, 5.41) is 42.8. The normalized spacial score (nSPS) is 29.3. The summed E-state index contributed by atoms with van der Waals surface area (Å²) in [6.07, 6.45) is -5.43. The van der Waals surface area contributed by atoms with Crippen LogP contribution in [0.15, 0.2) is 48.5 Å². The summed E-state index contributed by atoms with van der Waals surface area (Å²) in [6, 6.07) is 13.7. The zero-order chi connectivity index (χ0) is 21.2. The molecule has 1 aliphatic heterocycles. The van der Waals surface area contributed by atoms with E-state index in [4.69, 9.17) is 9.47 Å². The first-order valence-electron chi connectivity index (χ1n) is 9.22. The van der Waals surface area contributed by atoms with E-state index in [0.717, 1.165) is 0 Å². The number of hydrogen-bond acceptors (Lipinski definition) is 7. The molecule has 2 aromatic rings. The third-order valence-electron chi connectivity index (χ3n) is 4.96. The molecule has 8 heteroatoms. The van der Waals surface area contributed by atoms with Crippen LogP contribution in [0.2, 0.25) is 0 Å². The van der Waals surface area contributed by atoms with Crippen LogP contribution < -0.4 is 10.1 Å². The molecular formula is C21H25NO7. The van der Waals surface area contributed by atoms with E-state index in [1.807, 2.05) is 6.07 Å². The van der Waals surface area contributed by atoms with E-state index in [1.54, 1.807) is 49.4 Å². The van der Waals surface area contributed by atoms with Crippen LogP contribution in [0.1, 0.15) is 22.8 Å². The second kappa shape index (κ2) is 8.48. The molecule has 2 aromatic carbocycles. The Morgan fingerprint density at radius 1 is 1.21 bits per heavy atom. The number of benzene rings is 2. The van der Waals surface area contributed by atoms with Crippen molar-refractivity contribution in [3.8, 4) is 5.75 Å². The van der Waals surface area contributed by atoms with Crippen LogP contribution in [-0.4, -0.2) is 63.1 Å². The van der Waals surface area contributed by atoms with Crippen molar-refractivity contribution in [1.82, 2.24) is 0 Å². The van der Waals surface area contributed by atoms with Crippen molar-refractivity contribution >= 4 is 11.6 Å². The summed E-state index contributed by atoms with van der Waals surface area (Å²) in [5.74, 6) is 0.105. The molecule has 0 aliphatic carbocycles. The third kappa shape index (κ3) is 4.42. The van der Waals surface area contributed by atoms with Crippen molar-refractivity contribution in [3.63, 3.8) is 0 Å². The van der Waals surface area contributed by atoms with E-state index in [1.165, 1.54) is 6.92 Å². The molecule has 1 fully saturated rings. The predicted molar refractivity (Wildman–Crippen MR) is 105 cm³/mol. The van der Waals surface area contributed by atoms with Gasteiger partial charge < -0.3 is 35.2 Å². The number of aliphatic hydroxyl groups excluding tert-OH is 3. The minimum atomic E-state index is -1.91. The molecule has 1 aliphatic rings. The second-order valence-electron chi connectivity index (χ2n) is 7.27. The molecule has 1 amide bonds. The highest BCUT2D eigenvalue weighted by Crippen LogP contribution is 2.33. The lowest BCUT2D eigenvalue weighted by molar-refractivity contribution is -0.314. The lowest BCUT2D eigenvalue weighted by Gasteiger charge is -2.45. The lowest BCUT2D eigenvalue weighted by atomic mass is 9.88. The Morgan fingerprint density at radius 2 is 1.90 bits per heavy atom. The van der Waals surface area contributed by atoms with E-state index in [9.17, 15) is 25.2 Å². The zero-order valence-electron chi connectivity index (χ0n) is 16.1. The fourth-order valence-electron chi connectivity index (χ4n) is 3.13. The standard InChI is InChI=1S/C21H25NO7/c1-12-10-14(22-19(26)13-6-4-3-5-7-13)8-9-15(12)28-20-21(2,27)18(25)17(24)16(11-23)29-20/h3-10,16-18,20,23-25,27H,11H2,1-2H3,(H,22,26)/t16-,17-,18+,20+,21+/m1/s1. The Bertz CT molecular complexity index is 855. The molecule has 8 nitrogen and oxygen atoms in total. The van der Waals surface area contributed by atoms with Gasteiger partial charge in [-0.15, -0.1) is 0 Å². The number of rotatable bonds is 5. The lowest BCUT2D eigenvalue weighted by Crippen LogP contribution is -2.66. The van der Waals surface area contributed by atoms with Gasteiger partial charge in [0, 0.05) is 11.3 Å². The molecule has 0 spiro atoms. The zero-order valence-corrected chi connectivity index (χ0v) is 16.1. The van der Waals surface area contributed by atoms with Crippen molar-refractivity contribution in [2.24, 2.45) is 0 Å². The maximum Gasteiger partial charge on any atom is 0.255 e. The molecule has 1 heterocycles. The molecule has 0 aromatic heterocycles. The first-order chi connectivity index (χ1) is 13.7. The largest absolute Gasteiger partial charge is 0.461 e. The van der Waals surface area contributed by atoms with E-state index in [-0.39, 0.29) is 5.91 Å². The number of aryl methyl sites for hydroxylation is 1. The van der Waals surface area contributed by atoms with Crippen molar-refractivity contribution in [3.05, 3.63) is 59.7 Å². The maximum absolute atomic E-state index is 12.3. The first-order valence-corrected chi connectivity index (χ1v) is 9.22. The molecule has 0 bridgehead atoms. The number of aliphatic hydroxyl groups is 4. The summed E-state index contributed by atoms with van der Waals surface area (Å²) < 4.78 is 11.2. The van der Waals surface area contributed by atoms with Gasteiger partial charge in [0.1, 0.15) is 24.1 Å². The van der Waals surface area contributed by atoms with Crippen molar-refractivity contribution in [2.45, 2.75) is 44.1 Å². The number of anilines is 1. The van der Waals surface area contributed by atoms with Crippen LogP contribution >= 0.6 is 0 Å². The third-order valence-corrected chi connectivity index (χ3v) is 4.96. The topological polar surface area (TPSA) is 128 Å². The van der Waals surface area contributed by atoms with Gasteiger partial charge in [-0.2, -0.15) is 0 Å². The molecule has 5 N–H and O–H groups in total. The van der Waals surface area contributed by atoms with Crippen molar-refractivity contribution in [2.75, 3.05) is 11.9 Å². The van der Waals surface area contributed by atoms with Gasteiger partial charge in [0.15, 0.2) is 5.60 Å². The van der Waals surface area contributed by atoms with E-state index >= 15 is 0 Å². The van der Waals surface area contributed by atoms with Gasteiger partial charge in [-0.1, -0.05) is 18.2 Å². The molecule has 3 rings (SSSR count). The predicted octanol–water partition coefficient (Wildman–Crippen LogP) is 0.816. The van der Waals surface area contributed by atoms with Crippen LogP contribution in [0.5, 0.6) is 5.75 Å². The van der Waals surface area contributed by atoms with Gasteiger partial charge in [-0.25, -0.2) is 0 Å². The first kappa shape index (κ1) is 21.2. The van der Waals surface area contributed by atoms with Gasteiger partial charge in [0.25, 0.3) is 5.91 Å². The summed E-state index contributed by atoms with van der Waals surface area (Å²) in [7, 11) is 0. The highest BCUT2D eigenvalue weighted by atomic mass is 16.7. The maximum atomic E-state index is 12.3. The quantitative estimate of drug-likeness (QED) is 0.500. The molecular weight excluding hydrogens is 378 g/mol. The van der Waals surface area contributed by atoms with Crippen LogP contribution in [0, 0.1) is 6.92 Å². The van der Waals surface area contributed by atoms with E-state index < -0.39 is 36.8 Å². The van der Waals surface area contributed by atoms with Gasteiger partial charge in [-0.05, 0) is 49.7 Å². The molecule has 5 atom stereocenters. The van der Waals surface area contributed by atoms with E-state index in [2.05, 4.69) is 5.32 Å². The fraction of sp³-hybridized carbons (Fsp3) is 0.381. The van der Waals surface area contributed by atoms with Gasteiger partial charge in [0.05, 0.1) is 6.61 Å². The van der Waals surface area contributed by atoms with E-state index in [0.29, 0.717) is 22.6 Å². The Labute approximate surface area is 168 Å². The van der Waals surface area contributed by atoms with Crippen LogP contribution in [0.4, 0.5) is 5.69 Å².